The highest BCUT2D eigenvalue weighted by Gasteiger charge is 2.21. The Bertz CT molecular complexity index is 391. The van der Waals surface area contributed by atoms with Crippen LogP contribution in [0.4, 0.5) is 4.79 Å². The molecule has 5 nitrogen and oxygen atoms in total. The number of nitrogens with zero attached hydrogens (tertiary/aromatic N) is 2. The number of amides is 1. The minimum Gasteiger partial charge on any atom is -0.446 e. The fourth-order valence-corrected chi connectivity index (χ4v) is 2.00. The number of ether oxygens (including phenoxy) is 2. The summed E-state index contributed by atoms with van der Waals surface area (Å²) in [6.07, 6.45) is 3.02. The molecule has 0 atom stereocenters. The molecule has 2 rings (SSSR count). The van der Waals surface area contributed by atoms with Crippen LogP contribution in [0.3, 0.4) is 0 Å². The van der Waals surface area contributed by atoms with Gasteiger partial charge < -0.3 is 14.4 Å². The zero-order chi connectivity index (χ0) is 13.5. The highest BCUT2D eigenvalue weighted by molar-refractivity contribution is 5.67. The SMILES string of the molecule is CCN(Cc1ccccn1)C(=O)OC1CCOCC1. The molecule has 0 bridgehead atoms. The quantitative estimate of drug-likeness (QED) is 0.836. The maximum atomic E-state index is 12.1. The van der Waals surface area contributed by atoms with Crippen molar-refractivity contribution in [1.29, 1.82) is 0 Å². The number of pyridine rings is 1. The second-order valence-corrected chi connectivity index (χ2v) is 4.53. The van der Waals surface area contributed by atoms with Gasteiger partial charge in [-0.3, -0.25) is 4.98 Å². The van der Waals surface area contributed by atoms with E-state index in [9.17, 15) is 4.79 Å². The Morgan fingerprint density at radius 1 is 1.47 bits per heavy atom. The van der Waals surface area contributed by atoms with Crippen molar-refractivity contribution < 1.29 is 14.3 Å². The molecule has 0 radical (unpaired) electrons. The average molecular weight is 264 g/mol. The van der Waals surface area contributed by atoms with Gasteiger partial charge in [0.15, 0.2) is 0 Å². The van der Waals surface area contributed by atoms with Gasteiger partial charge >= 0.3 is 6.09 Å². The molecule has 104 valence electrons. The zero-order valence-corrected chi connectivity index (χ0v) is 11.2. The molecule has 1 aliphatic heterocycles. The summed E-state index contributed by atoms with van der Waals surface area (Å²) >= 11 is 0. The number of carbonyl (C=O) groups excluding carboxylic acids is 1. The van der Waals surface area contributed by atoms with Crippen molar-refractivity contribution in [2.45, 2.75) is 32.4 Å². The van der Waals surface area contributed by atoms with Crippen molar-refractivity contribution in [2.75, 3.05) is 19.8 Å². The highest BCUT2D eigenvalue weighted by atomic mass is 16.6. The van der Waals surface area contributed by atoms with E-state index in [0.717, 1.165) is 18.5 Å². The van der Waals surface area contributed by atoms with Gasteiger partial charge in [-0.2, -0.15) is 0 Å². The molecule has 1 fully saturated rings. The first-order valence-corrected chi connectivity index (χ1v) is 6.73. The van der Waals surface area contributed by atoms with Gasteiger partial charge in [0.25, 0.3) is 0 Å². The lowest BCUT2D eigenvalue weighted by molar-refractivity contribution is -0.0106. The molecule has 1 aromatic heterocycles. The molecule has 5 heteroatoms. The first-order valence-electron chi connectivity index (χ1n) is 6.73. The van der Waals surface area contributed by atoms with Gasteiger partial charge in [0.2, 0.25) is 0 Å². The van der Waals surface area contributed by atoms with Crippen molar-refractivity contribution in [2.24, 2.45) is 0 Å². The van der Waals surface area contributed by atoms with E-state index in [1.165, 1.54) is 0 Å². The Kier molecular flexibility index (Phi) is 5.15. The molecule has 1 aromatic rings. The monoisotopic (exact) mass is 264 g/mol. The first-order chi connectivity index (χ1) is 9.29. The smallest absolute Gasteiger partial charge is 0.410 e. The van der Waals surface area contributed by atoms with E-state index >= 15 is 0 Å². The van der Waals surface area contributed by atoms with Gasteiger partial charge in [0.05, 0.1) is 25.5 Å². The van der Waals surface area contributed by atoms with E-state index in [-0.39, 0.29) is 12.2 Å². The van der Waals surface area contributed by atoms with E-state index in [1.807, 2.05) is 25.1 Å². The third-order valence-electron chi connectivity index (χ3n) is 3.15. The highest BCUT2D eigenvalue weighted by Crippen LogP contribution is 2.13. The van der Waals surface area contributed by atoms with Crippen LogP contribution in [0.15, 0.2) is 24.4 Å². The predicted molar refractivity (Wildman–Crippen MR) is 70.6 cm³/mol. The van der Waals surface area contributed by atoms with Crippen LogP contribution in [0.25, 0.3) is 0 Å². The molecule has 1 amide bonds. The largest absolute Gasteiger partial charge is 0.446 e. The zero-order valence-electron chi connectivity index (χ0n) is 11.2. The summed E-state index contributed by atoms with van der Waals surface area (Å²) in [4.78, 5) is 18.0. The van der Waals surface area contributed by atoms with Crippen LogP contribution in [-0.4, -0.2) is 41.8 Å². The standard InChI is InChI=1S/C14H20N2O3/c1-2-16(11-12-5-3-4-8-15-12)14(17)19-13-6-9-18-10-7-13/h3-5,8,13H,2,6-7,9-11H2,1H3. The summed E-state index contributed by atoms with van der Waals surface area (Å²) in [5, 5.41) is 0. The Labute approximate surface area is 113 Å². The van der Waals surface area contributed by atoms with E-state index < -0.39 is 0 Å². The summed E-state index contributed by atoms with van der Waals surface area (Å²) in [5.41, 5.74) is 0.869. The summed E-state index contributed by atoms with van der Waals surface area (Å²) in [7, 11) is 0. The maximum absolute atomic E-state index is 12.1. The third kappa shape index (κ3) is 4.21. The van der Waals surface area contributed by atoms with Crippen molar-refractivity contribution >= 4 is 6.09 Å². The lowest BCUT2D eigenvalue weighted by atomic mass is 10.2. The summed E-state index contributed by atoms with van der Waals surface area (Å²) in [5.74, 6) is 0. The number of hydrogen-bond acceptors (Lipinski definition) is 4. The number of carbonyl (C=O) groups is 1. The van der Waals surface area contributed by atoms with Crippen molar-refractivity contribution in [1.82, 2.24) is 9.88 Å². The predicted octanol–water partition coefficient (Wildman–Crippen LogP) is 2.22. The summed E-state index contributed by atoms with van der Waals surface area (Å²) in [6, 6.07) is 5.69. The second-order valence-electron chi connectivity index (χ2n) is 4.53. The number of aromatic nitrogens is 1. The number of rotatable bonds is 4. The van der Waals surface area contributed by atoms with Crippen LogP contribution in [0.5, 0.6) is 0 Å². The van der Waals surface area contributed by atoms with Gasteiger partial charge in [-0.15, -0.1) is 0 Å². The molecule has 0 aliphatic carbocycles. The third-order valence-corrected chi connectivity index (χ3v) is 3.15. The molecular weight excluding hydrogens is 244 g/mol. The van der Waals surface area contributed by atoms with Gasteiger partial charge in [0.1, 0.15) is 6.10 Å². The maximum Gasteiger partial charge on any atom is 0.410 e. The Hall–Kier alpha value is -1.62. The molecule has 0 saturated carbocycles. The Morgan fingerprint density at radius 2 is 2.26 bits per heavy atom. The first kappa shape index (κ1) is 13.8. The van der Waals surface area contributed by atoms with E-state index in [0.29, 0.717) is 26.3 Å². The van der Waals surface area contributed by atoms with Crippen LogP contribution in [0, 0.1) is 0 Å². The van der Waals surface area contributed by atoms with Crippen LogP contribution in [0.2, 0.25) is 0 Å². The Morgan fingerprint density at radius 3 is 2.89 bits per heavy atom. The van der Waals surface area contributed by atoms with E-state index in [4.69, 9.17) is 9.47 Å². The molecule has 2 heterocycles. The Balaban J connectivity index is 1.87. The topological polar surface area (TPSA) is 51.7 Å². The van der Waals surface area contributed by atoms with Gasteiger partial charge in [-0.1, -0.05) is 6.07 Å². The normalized spacial score (nSPS) is 16.1. The van der Waals surface area contributed by atoms with Crippen LogP contribution >= 0.6 is 0 Å². The number of hydrogen-bond donors (Lipinski definition) is 0. The molecule has 1 aliphatic rings. The fourth-order valence-electron chi connectivity index (χ4n) is 2.00. The van der Waals surface area contributed by atoms with Crippen molar-refractivity contribution in [3.63, 3.8) is 0 Å². The molecule has 0 aromatic carbocycles. The lowest BCUT2D eigenvalue weighted by Gasteiger charge is -2.26. The molecule has 1 saturated heterocycles. The van der Waals surface area contributed by atoms with Crippen molar-refractivity contribution in [3.8, 4) is 0 Å². The summed E-state index contributed by atoms with van der Waals surface area (Å²) in [6.45, 7) is 4.38. The molecule has 0 spiro atoms. The summed E-state index contributed by atoms with van der Waals surface area (Å²) < 4.78 is 10.7. The lowest BCUT2D eigenvalue weighted by Crippen LogP contribution is -2.36. The molecule has 0 N–H and O–H groups in total. The van der Waals surface area contributed by atoms with E-state index in [2.05, 4.69) is 4.98 Å². The fraction of sp³-hybridized carbons (Fsp3) is 0.571. The molecule has 0 unspecified atom stereocenters. The minimum absolute atomic E-state index is 0.0148. The molecular formula is C14H20N2O3. The van der Waals surface area contributed by atoms with Gasteiger partial charge in [-0.05, 0) is 19.1 Å². The van der Waals surface area contributed by atoms with Gasteiger partial charge in [0, 0.05) is 25.6 Å². The van der Waals surface area contributed by atoms with Gasteiger partial charge in [-0.25, -0.2) is 4.79 Å². The minimum atomic E-state index is -0.264. The second kappa shape index (κ2) is 7.09. The van der Waals surface area contributed by atoms with Crippen LogP contribution in [-0.2, 0) is 16.0 Å². The van der Waals surface area contributed by atoms with Crippen LogP contribution < -0.4 is 0 Å². The molecule has 19 heavy (non-hydrogen) atoms. The van der Waals surface area contributed by atoms with Crippen LogP contribution in [0.1, 0.15) is 25.5 Å². The van der Waals surface area contributed by atoms with E-state index in [1.54, 1.807) is 11.1 Å². The van der Waals surface area contributed by atoms with Crippen molar-refractivity contribution in [3.05, 3.63) is 30.1 Å². The average Bonchev–Trinajstić information content (AvgIpc) is 2.47.